The lowest BCUT2D eigenvalue weighted by Crippen LogP contribution is -2.67. The standard InChI is InChI=1S/C20H21F3N6O2/c21-20(22,23)12-2-1-3-13(6-12)26-18(31)27-14-7-19(8-14)10-28(11-19)17(30)15-9-25-29-5-4-24-16(15)29/h1-3,6,9,14,24H,4-5,7-8,10-11H2,(H2,26,27,31). The number of likely N-dealkylation sites (tertiary alicyclic amines) is 1. The molecule has 1 aromatic heterocycles. The average Bonchev–Trinajstić information content (AvgIpc) is 3.25. The number of nitrogens with one attached hydrogen (secondary N) is 3. The van der Waals surface area contributed by atoms with Gasteiger partial charge in [0, 0.05) is 36.8 Å². The molecule has 1 saturated carbocycles. The van der Waals surface area contributed by atoms with Crippen LogP contribution in [0, 0.1) is 5.41 Å². The van der Waals surface area contributed by atoms with Crippen molar-refractivity contribution in [3.05, 3.63) is 41.6 Å². The van der Waals surface area contributed by atoms with Crippen LogP contribution in [0.1, 0.15) is 28.8 Å². The fraction of sp³-hybridized carbons (Fsp3) is 0.450. The SMILES string of the molecule is O=C(Nc1cccc(C(F)(F)F)c1)NC1CC2(C1)CN(C(=O)c1cnn3c1NCC3)C2. The molecule has 31 heavy (non-hydrogen) atoms. The number of halogens is 3. The molecular formula is C20H21F3N6O2. The zero-order valence-electron chi connectivity index (χ0n) is 16.5. The van der Waals surface area contributed by atoms with Crippen molar-refractivity contribution in [1.82, 2.24) is 20.0 Å². The molecule has 1 spiro atoms. The Morgan fingerprint density at radius 1 is 1.23 bits per heavy atom. The van der Waals surface area contributed by atoms with Gasteiger partial charge in [-0.25, -0.2) is 9.48 Å². The average molecular weight is 434 g/mol. The van der Waals surface area contributed by atoms with Gasteiger partial charge in [-0.3, -0.25) is 4.79 Å². The molecule has 2 aliphatic heterocycles. The summed E-state index contributed by atoms with van der Waals surface area (Å²) in [6, 6.07) is 3.92. The molecule has 3 N–H and O–H groups in total. The molecule has 2 fully saturated rings. The van der Waals surface area contributed by atoms with Crippen molar-refractivity contribution in [2.75, 3.05) is 30.3 Å². The number of hydrogen-bond donors (Lipinski definition) is 3. The van der Waals surface area contributed by atoms with E-state index in [0.29, 0.717) is 18.7 Å². The first-order valence-electron chi connectivity index (χ1n) is 10.1. The highest BCUT2D eigenvalue weighted by atomic mass is 19.4. The normalized spacial score (nSPS) is 19.3. The molecule has 3 heterocycles. The number of benzene rings is 1. The first-order chi connectivity index (χ1) is 14.7. The number of urea groups is 1. The van der Waals surface area contributed by atoms with Gasteiger partial charge in [-0.15, -0.1) is 0 Å². The molecule has 164 valence electrons. The molecule has 1 aliphatic carbocycles. The monoisotopic (exact) mass is 434 g/mol. The molecule has 0 radical (unpaired) electrons. The second kappa shape index (κ2) is 6.89. The Morgan fingerprint density at radius 3 is 2.74 bits per heavy atom. The van der Waals surface area contributed by atoms with Crippen molar-refractivity contribution >= 4 is 23.4 Å². The van der Waals surface area contributed by atoms with Crippen molar-refractivity contribution < 1.29 is 22.8 Å². The van der Waals surface area contributed by atoms with Crippen LogP contribution in [0.5, 0.6) is 0 Å². The van der Waals surface area contributed by atoms with E-state index in [-0.39, 0.29) is 23.1 Å². The lowest BCUT2D eigenvalue weighted by molar-refractivity contribution is -0.137. The molecule has 0 unspecified atom stereocenters. The molecule has 3 amide bonds. The number of carbonyl (C=O) groups excluding carboxylic acids is 2. The Hall–Kier alpha value is -3.24. The minimum absolute atomic E-state index is 0.00751. The van der Waals surface area contributed by atoms with E-state index in [1.54, 1.807) is 15.8 Å². The van der Waals surface area contributed by atoms with Crippen LogP contribution >= 0.6 is 0 Å². The van der Waals surface area contributed by atoms with Gasteiger partial charge in [0.25, 0.3) is 5.91 Å². The largest absolute Gasteiger partial charge is 0.416 e. The fourth-order valence-electron chi connectivity index (χ4n) is 4.73. The molecule has 3 aliphatic rings. The van der Waals surface area contributed by atoms with Crippen LogP contribution in [0.2, 0.25) is 0 Å². The highest BCUT2D eigenvalue weighted by Crippen LogP contribution is 2.49. The minimum Gasteiger partial charge on any atom is -0.368 e. The van der Waals surface area contributed by atoms with E-state index in [9.17, 15) is 22.8 Å². The smallest absolute Gasteiger partial charge is 0.368 e. The molecule has 8 nitrogen and oxygen atoms in total. The van der Waals surface area contributed by atoms with Gasteiger partial charge < -0.3 is 20.9 Å². The molecule has 11 heteroatoms. The van der Waals surface area contributed by atoms with E-state index in [1.165, 1.54) is 12.1 Å². The number of fused-ring (bicyclic) bond motifs is 1. The van der Waals surface area contributed by atoms with Crippen LogP contribution in [0.25, 0.3) is 0 Å². The molecule has 0 bridgehead atoms. The molecule has 1 saturated heterocycles. The van der Waals surface area contributed by atoms with Crippen LogP contribution in [-0.2, 0) is 12.7 Å². The third kappa shape index (κ3) is 3.57. The van der Waals surface area contributed by atoms with Crippen molar-refractivity contribution in [3.63, 3.8) is 0 Å². The van der Waals surface area contributed by atoms with E-state index in [4.69, 9.17) is 0 Å². The van der Waals surface area contributed by atoms with Gasteiger partial charge >= 0.3 is 12.2 Å². The number of anilines is 2. The van der Waals surface area contributed by atoms with E-state index in [1.807, 2.05) is 0 Å². The maximum atomic E-state index is 12.8. The summed E-state index contributed by atoms with van der Waals surface area (Å²) < 4.78 is 40.2. The molecule has 1 aromatic carbocycles. The van der Waals surface area contributed by atoms with E-state index in [0.717, 1.165) is 43.9 Å². The lowest BCUT2D eigenvalue weighted by atomic mass is 9.60. The maximum absolute atomic E-state index is 12.8. The van der Waals surface area contributed by atoms with Gasteiger partial charge in [0.05, 0.1) is 18.3 Å². The number of amides is 3. The van der Waals surface area contributed by atoms with E-state index in [2.05, 4.69) is 21.0 Å². The highest BCUT2D eigenvalue weighted by molar-refractivity contribution is 5.99. The zero-order valence-corrected chi connectivity index (χ0v) is 16.5. The van der Waals surface area contributed by atoms with E-state index >= 15 is 0 Å². The lowest BCUT2D eigenvalue weighted by Gasteiger charge is -2.58. The Kier molecular flexibility index (Phi) is 4.38. The van der Waals surface area contributed by atoms with Crippen molar-refractivity contribution in [1.29, 1.82) is 0 Å². The molecular weight excluding hydrogens is 413 g/mol. The van der Waals surface area contributed by atoms with Crippen molar-refractivity contribution in [3.8, 4) is 0 Å². The summed E-state index contributed by atoms with van der Waals surface area (Å²) in [4.78, 5) is 26.6. The summed E-state index contributed by atoms with van der Waals surface area (Å²) in [6.45, 7) is 2.78. The summed E-state index contributed by atoms with van der Waals surface area (Å²) >= 11 is 0. The van der Waals surface area contributed by atoms with Crippen molar-refractivity contribution in [2.45, 2.75) is 31.6 Å². The van der Waals surface area contributed by atoms with E-state index < -0.39 is 17.8 Å². The predicted octanol–water partition coefficient (Wildman–Crippen LogP) is 2.75. The van der Waals surface area contributed by atoms with Gasteiger partial charge in [0.15, 0.2) is 0 Å². The number of carbonyl (C=O) groups is 2. The summed E-state index contributed by atoms with van der Waals surface area (Å²) in [6.07, 6.45) is -1.40. The Balaban J connectivity index is 1.10. The minimum atomic E-state index is -4.46. The first kappa shape index (κ1) is 19.7. The summed E-state index contributed by atoms with van der Waals surface area (Å²) in [5.74, 6) is 0.727. The Labute approximate surface area is 175 Å². The third-order valence-electron chi connectivity index (χ3n) is 6.17. The topological polar surface area (TPSA) is 91.3 Å². The summed E-state index contributed by atoms with van der Waals surface area (Å²) in [7, 11) is 0. The van der Waals surface area contributed by atoms with Gasteiger partial charge in [0.1, 0.15) is 11.4 Å². The third-order valence-corrected chi connectivity index (χ3v) is 6.17. The van der Waals surface area contributed by atoms with Gasteiger partial charge in [-0.05, 0) is 31.0 Å². The second-order valence-corrected chi connectivity index (χ2v) is 8.50. The number of alkyl halides is 3. The number of nitrogens with zero attached hydrogens (tertiary/aromatic N) is 3. The molecule has 2 aromatic rings. The van der Waals surface area contributed by atoms with Crippen LogP contribution < -0.4 is 16.0 Å². The highest BCUT2D eigenvalue weighted by Gasteiger charge is 2.54. The predicted molar refractivity (Wildman–Crippen MR) is 106 cm³/mol. The van der Waals surface area contributed by atoms with Gasteiger partial charge in [-0.1, -0.05) is 6.07 Å². The fourth-order valence-corrected chi connectivity index (χ4v) is 4.73. The van der Waals surface area contributed by atoms with Gasteiger partial charge in [0.2, 0.25) is 0 Å². The van der Waals surface area contributed by atoms with Gasteiger partial charge in [-0.2, -0.15) is 18.3 Å². The van der Waals surface area contributed by atoms with Crippen molar-refractivity contribution in [2.24, 2.45) is 5.41 Å². The molecule has 0 atom stereocenters. The summed E-state index contributed by atoms with van der Waals surface area (Å²) in [5.41, 5.74) is -0.134. The first-order valence-corrected chi connectivity index (χ1v) is 10.1. The Morgan fingerprint density at radius 2 is 2.00 bits per heavy atom. The van der Waals surface area contributed by atoms with Crippen LogP contribution in [-0.4, -0.2) is 52.3 Å². The zero-order chi connectivity index (χ0) is 21.8. The maximum Gasteiger partial charge on any atom is 0.416 e. The number of hydrogen-bond acceptors (Lipinski definition) is 4. The molecule has 5 rings (SSSR count). The van der Waals surface area contributed by atoms with Crippen LogP contribution in [0.15, 0.2) is 30.5 Å². The summed E-state index contributed by atoms with van der Waals surface area (Å²) in [5, 5.41) is 12.6. The Bertz CT molecular complexity index is 1040. The quantitative estimate of drug-likeness (QED) is 0.693. The second-order valence-electron chi connectivity index (χ2n) is 8.50. The number of aromatic nitrogens is 2. The van der Waals surface area contributed by atoms with Crippen LogP contribution in [0.3, 0.4) is 0 Å². The number of rotatable bonds is 3. The van der Waals surface area contributed by atoms with Crippen LogP contribution in [0.4, 0.5) is 29.5 Å².